The van der Waals surface area contributed by atoms with Crippen LogP contribution in [0.5, 0.6) is 0 Å². The monoisotopic (exact) mass is 324 g/mol. The van der Waals surface area contributed by atoms with E-state index in [4.69, 9.17) is 9.84 Å². The zero-order chi connectivity index (χ0) is 16.1. The average Bonchev–Trinajstić information content (AvgIpc) is 3.31. The molecule has 0 aromatic carbocycles. The first-order valence-electron chi connectivity index (χ1n) is 9.41. The van der Waals surface area contributed by atoms with E-state index in [0.29, 0.717) is 6.54 Å². The third kappa shape index (κ3) is 5.44. The Balaban J connectivity index is 1.43. The maximum absolute atomic E-state index is 10.7. The fourth-order valence-electron chi connectivity index (χ4n) is 3.63. The number of hydrogen-bond acceptors (Lipinski definition) is 4. The highest BCUT2D eigenvalue weighted by atomic mass is 16.5. The number of hydrogen-bond donors (Lipinski definition) is 2. The standard InChI is InChI=1S/C18H32N2O3/c21-17(22)6-9-20-10-7-18(8-11-20,13-19-16-4-5-16)14-23-12-15-2-1-3-15/h15-16,19H,1-14H2,(H,21,22). The maximum Gasteiger partial charge on any atom is 0.304 e. The maximum atomic E-state index is 10.7. The lowest BCUT2D eigenvalue weighted by Crippen LogP contribution is -2.48. The van der Waals surface area contributed by atoms with Crippen LogP contribution in [0.4, 0.5) is 0 Å². The number of nitrogens with one attached hydrogen (secondary N) is 1. The van der Waals surface area contributed by atoms with Gasteiger partial charge in [0.05, 0.1) is 13.0 Å². The number of carbonyl (C=O) groups is 1. The van der Waals surface area contributed by atoms with Gasteiger partial charge in [-0.05, 0) is 57.5 Å². The molecule has 3 aliphatic rings. The molecule has 0 radical (unpaired) electrons. The predicted molar refractivity (Wildman–Crippen MR) is 89.5 cm³/mol. The summed E-state index contributed by atoms with van der Waals surface area (Å²) >= 11 is 0. The lowest BCUT2D eigenvalue weighted by atomic mass is 9.78. The molecule has 3 fully saturated rings. The van der Waals surface area contributed by atoms with Crippen molar-refractivity contribution in [1.29, 1.82) is 0 Å². The molecule has 2 N–H and O–H groups in total. The zero-order valence-electron chi connectivity index (χ0n) is 14.3. The van der Waals surface area contributed by atoms with Crippen molar-refractivity contribution in [2.24, 2.45) is 11.3 Å². The smallest absolute Gasteiger partial charge is 0.304 e. The quantitative estimate of drug-likeness (QED) is 0.644. The van der Waals surface area contributed by atoms with Crippen LogP contribution in [-0.4, -0.2) is 61.4 Å². The molecule has 132 valence electrons. The Kier molecular flexibility index (Phi) is 5.94. The Hall–Kier alpha value is -0.650. The Morgan fingerprint density at radius 3 is 2.52 bits per heavy atom. The Morgan fingerprint density at radius 2 is 1.96 bits per heavy atom. The van der Waals surface area contributed by atoms with Crippen LogP contribution in [0.15, 0.2) is 0 Å². The Morgan fingerprint density at radius 1 is 1.22 bits per heavy atom. The molecule has 3 rings (SSSR count). The minimum Gasteiger partial charge on any atom is -0.481 e. The summed E-state index contributed by atoms with van der Waals surface area (Å²) in [6.45, 7) is 5.57. The zero-order valence-corrected chi connectivity index (χ0v) is 14.3. The van der Waals surface area contributed by atoms with Gasteiger partial charge in [-0.15, -0.1) is 0 Å². The first-order chi connectivity index (χ1) is 11.2. The highest BCUT2D eigenvalue weighted by Gasteiger charge is 2.36. The van der Waals surface area contributed by atoms with Crippen LogP contribution >= 0.6 is 0 Å². The minimum atomic E-state index is -0.693. The van der Waals surface area contributed by atoms with Crippen molar-refractivity contribution in [3.05, 3.63) is 0 Å². The van der Waals surface area contributed by atoms with Gasteiger partial charge in [-0.25, -0.2) is 0 Å². The predicted octanol–water partition coefficient (Wildman–Crippen LogP) is 2.11. The molecule has 2 aliphatic carbocycles. The molecule has 1 heterocycles. The van der Waals surface area contributed by atoms with Crippen molar-refractivity contribution in [2.75, 3.05) is 39.4 Å². The third-order valence-electron chi connectivity index (χ3n) is 5.89. The van der Waals surface area contributed by atoms with Crippen LogP contribution in [0.2, 0.25) is 0 Å². The third-order valence-corrected chi connectivity index (χ3v) is 5.89. The normalized spacial score (nSPS) is 25.2. The fourth-order valence-corrected chi connectivity index (χ4v) is 3.63. The highest BCUT2D eigenvalue weighted by molar-refractivity contribution is 5.66. The molecule has 5 nitrogen and oxygen atoms in total. The first-order valence-corrected chi connectivity index (χ1v) is 9.41. The molecule has 0 bridgehead atoms. The number of carboxylic acids is 1. The highest BCUT2D eigenvalue weighted by Crippen LogP contribution is 2.34. The molecular weight excluding hydrogens is 292 g/mol. The van der Waals surface area contributed by atoms with Gasteiger partial charge in [0.2, 0.25) is 0 Å². The van der Waals surface area contributed by atoms with Crippen LogP contribution in [0.1, 0.15) is 51.4 Å². The summed E-state index contributed by atoms with van der Waals surface area (Å²) in [4.78, 5) is 13.0. The molecular formula is C18H32N2O3. The van der Waals surface area contributed by atoms with E-state index >= 15 is 0 Å². The van der Waals surface area contributed by atoms with E-state index in [9.17, 15) is 4.79 Å². The summed E-state index contributed by atoms with van der Waals surface area (Å²) < 4.78 is 6.11. The summed E-state index contributed by atoms with van der Waals surface area (Å²) in [7, 11) is 0. The van der Waals surface area contributed by atoms with Crippen LogP contribution in [0.3, 0.4) is 0 Å². The summed E-state index contributed by atoms with van der Waals surface area (Å²) in [6, 6.07) is 0.739. The van der Waals surface area contributed by atoms with Gasteiger partial charge in [0.1, 0.15) is 0 Å². The number of carboxylic acid groups (broad SMARTS) is 1. The van der Waals surface area contributed by atoms with E-state index in [-0.39, 0.29) is 11.8 Å². The van der Waals surface area contributed by atoms with Crippen LogP contribution in [-0.2, 0) is 9.53 Å². The lowest BCUT2D eigenvalue weighted by molar-refractivity contribution is -0.137. The van der Waals surface area contributed by atoms with Gasteiger partial charge >= 0.3 is 5.97 Å². The first kappa shape index (κ1) is 17.2. The van der Waals surface area contributed by atoms with E-state index in [1.165, 1.54) is 32.1 Å². The molecule has 0 unspecified atom stereocenters. The van der Waals surface area contributed by atoms with Crippen molar-refractivity contribution in [1.82, 2.24) is 10.2 Å². The largest absolute Gasteiger partial charge is 0.481 e. The number of nitrogens with zero attached hydrogens (tertiary/aromatic N) is 1. The summed E-state index contributed by atoms with van der Waals surface area (Å²) in [5.74, 6) is 0.111. The van der Waals surface area contributed by atoms with Gasteiger partial charge in [0.15, 0.2) is 0 Å². The van der Waals surface area contributed by atoms with Crippen molar-refractivity contribution in [2.45, 2.75) is 57.4 Å². The van der Waals surface area contributed by atoms with Gasteiger partial charge in [0, 0.05) is 31.2 Å². The topological polar surface area (TPSA) is 61.8 Å². The fraction of sp³-hybridized carbons (Fsp3) is 0.944. The van der Waals surface area contributed by atoms with Gasteiger partial charge in [-0.3, -0.25) is 4.79 Å². The Bertz CT molecular complexity index is 386. The van der Waals surface area contributed by atoms with Crippen LogP contribution in [0, 0.1) is 11.3 Å². The molecule has 0 atom stereocenters. The molecule has 0 aromatic rings. The Labute approximate surface area is 139 Å². The van der Waals surface area contributed by atoms with Crippen molar-refractivity contribution >= 4 is 5.97 Å². The number of likely N-dealkylation sites (tertiary alicyclic amines) is 1. The van der Waals surface area contributed by atoms with Crippen molar-refractivity contribution in [3.63, 3.8) is 0 Å². The van der Waals surface area contributed by atoms with E-state index in [1.54, 1.807) is 0 Å². The number of ether oxygens (including phenoxy) is 1. The molecule has 0 aromatic heterocycles. The minimum absolute atomic E-state index is 0.255. The van der Waals surface area contributed by atoms with E-state index in [0.717, 1.165) is 57.6 Å². The number of aliphatic carboxylic acids is 1. The van der Waals surface area contributed by atoms with Crippen LogP contribution < -0.4 is 5.32 Å². The van der Waals surface area contributed by atoms with Gasteiger partial charge in [-0.1, -0.05) is 6.42 Å². The second-order valence-corrected chi connectivity index (χ2v) is 7.95. The summed E-state index contributed by atoms with van der Waals surface area (Å²) in [5.41, 5.74) is 0.256. The van der Waals surface area contributed by atoms with E-state index in [1.807, 2.05) is 0 Å². The second kappa shape index (κ2) is 7.95. The second-order valence-electron chi connectivity index (χ2n) is 7.95. The molecule has 5 heteroatoms. The van der Waals surface area contributed by atoms with Gasteiger partial charge in [-0.2, -0.15) is 0 Å². The molecule has 2 saturated carbocycles. The SMILES string of the molecule is O=C(O)CCN1CCC(CNC2CC2)(COCC2CCC2)CC1. The summed E-state index contributed by atoms with van der Waals surface area (Å²) in [5, 5.41) is 12.5. The van der Waals surface area contributed by atoms with E-state index < -0.39 is 5.97 Å². The molecule has 23 heavy (non-hydrogen) atoms. The number of piperidine rings is 1. The lowest BCUT2D eigenvalue weighted by Gasteiger charge is -2.42. The van der Waals surface area contributed by atoms with Crippen LogP contribution in [0.25, 0.3) is 0 Å². The van der Waals surface area contributed by atoms with Crippen molar-refractivity contribution in [3.8, 4) is 0 Å². The molecule has 0 spiro atoms. The molecule has 1 saturated heterocycles. The van der Waals surface area contributed by atoms with Crippen molar-refractivity contribution < 1.29 is 14.6 Å². The summed E-state index contributed by atoms with van der Waals surface area (Å²) in [6.07, 6.45) is 9.21. The van der Waals surface area contributed by atoms with E-state index in [2.05, 4.69) is 10.2 Å². The molecule has 1 aliphatic heterocycles. The average molecular weight is 324 g/mol. The molecule has 0 amide bonds. The van der Waals surface area contributed by atoms with Gasteiger partial charge < -0.3 is 20.1 Å². The number of rotatable bonds is 10. The van der Waals surface area contributed by atoms with Gasteiger partial charge in [0.25, 0.3) is 0 Å².